The largest absolute Gasteiger partial charge is 0.508 e. The minimum Gasteiger partial charge on any atom is -0.508 e. The van der Waals surface area contributed by atoms with Crippen LogP contribution < -0.4 is 27.4 Å². The Morgan fingerprint density at radius 3 is 1.97 bits per heavy atom. The van der Waals surface area contributed by atoms with Crippen molar-refractivity contribution in [2.24, 2.45) is 17.4 Å². The molecule has 4 amide bonds. The molecule has 0 heterocycles. The molecule has 0 aliphatic heterocycles. The van der Waals surface area contributed by atoms with E-state index in [0.717, 1.165) is 0 Å². The molecule has 4 unspecified atom stereocenters. The number of primary amides is 1. The lowest BCUT2D eigenvalue weighted by Crippen LogP contribution is -2.58. The summed E-state index contributed by atoms with van der Waals surface area (Å²) < 4.78 is 0. The van der Waals surface area contributed by atoms with Crippen molar-refractivity contribution in [3.63, 3.8) is 0 Å². The topological polar surface area (TPSA) is 214 Å². The van der Waals surface area contributed by atoms with Gasteiger partial charge in [-0.2, -0.15) is 11.8 Å². The molecule has 0 aliphatic carbocycles. The van der Waals surface area contributed by atoms with Crippen molar-refractivity contribution in [3.05, 3.63) is 29.8 Å². The molecule has 0 aliphatic rings. The molecule has 0 bridgehead atoms. The number of phenols is 1. The van der Waals surface area contributed by atoms with Crippen molar-refractivity contribution >= 4 is 41.4 Å². The highest BCUT2D eigenvalue weighted by molar-refractivity contribution is 7.98. The van der Waals surface area contributed by atoms with Crippen LogP contribution in [0.1, 0.15) is 38.7 Å². The van der Waals surface area contributed by atoms with E-state index in [1.807, 2.05) is 6.26 Å². The molecule has 12 nitrogen and oxygen atoms in total. The molecule has 13 heteroatoms. The average molecular weight is 540 g/mol. The third-order valence-electron chi connectivity index (χ3n) is 5.34. The highest BCUT2D eigenvalue weighted by Crippen LogP contribution is 2.13. The summed E-state index contributed by atoms with van der Waals surface area (Å²) in [5, 5.41) is 26.4. The van der Waals surface area contributed by atoms with Gasteiger partial charge in [0.2, 0.25) is 23.6 Å². The Morgan fingerprint density at radius 2 is 1.46 bits per heavy atom. The normalized spacial score (nSPS) is 14.2. The molecule has 0 saturated carbocycles. The predicted octanol–water partition coefficient (Wildman–Crippen LogP) is -0.524. The molecular formula is C24H37N5O7S. The molecule has 0 saturated heterocycles. The molecule has 1 aromatic rings. The lowest BCUT2D eigenvalue weighted by Gasteiger charge is -2.25. The number of carboxylic acid groups (broad SMARTS) is 1. The van der Waals surface area contributed by atoms with Gasteiger partial charge in [0, 0.05) is 6.42 Å². The van der Waals surface area contributed by atoms with Crippen LogP contribution in [0.25, 0.3) is 0 Å². The zero-order chi connectivity index (χ0) is 28.1. The Morgan fingerprint density at radius 1 is 0.919 bits per heavy atom. The summed E-state index contributed by atoms with van der Waals surface area (Å²) in [6.45, 7) is 3.61. The number of aliphatic carboxylic acids is 1. The van der Waals surface area contributed by atoms with Crippen LogP contribution in [0.5, 0.6) is 5.75 Å². The standard InChI is InChI=1S/C24H37N5O7S/c1-13(2)10-19(24(35)36)29-22(33)17(11-14-4-6-15(30)7-5-14)28-23(34)18(12-20(26)31)27-21(32)16(25)8-9-37-3/h4-7,13,16-19,30H,8-12,25H2,1-3H3,(H2,26,31)(H,27,32)(H,28,34)(H,29,33)(H,35,36). The number of aromatic hydroxyl groups is 1. The van der Waals surface area contributed by atoms with E-state index in [1.165, 1.54) is 36.0 Å². The van der Waals surface area contributed by atoms with Gasteiger partial charge in [0.1, 0.15) is 23.9 Å². The maximum atomic E-state index is 13.1. The van der Waals surface area contributed by atoms with E-state index in [-0.39, 0.29) is 24.5 Å². The minimum absolute atomic E-state index is 0.00120. The molecule has 206 valence electrons. The van der Waals surface area contributed by atoms with Gasteiger partial charge >= 0.3 is 5.97 Å². The zero-order valence-electron chi connectivity index (χ0n) is 21.2. The van der Waals surface area contributed by atoms with Gasteiger partial charge in [0.05, 0.1) is 12.5 Å². The SMILES string of the molecule is CSCCC(N)C(=O)NC(CC(N)=O)C(=O)NC(Cc1ccc(O)cc1)C(=O)NC(CC(C)C)C(=O)O. The third-order valence-corrected chi connectivity index (χ3v) is 5.98. The Balaban J connectivity index is 3.14. The van der Waals surface area contributed by atoms with Gasteiger partial charge in [-0.15, -0.1) is 0 Å². The van der Waals surface area contributed by atoms with Crippen LogP contribution in [0.3, 0.4) is 0 Å². The van der Waals surface area contributed by atoms with Crippen LogP contribution in [0.15, 0.2) is 24.3 Å². The van der Waals surface area contributed by atoms with E-state index in [1.54, 1.807) is 13.8 Å². The summed E-state index contributed by atoms with van der Waals surface area (Å²) >= 11 is 1.49. The van der Waals surface area contributed by atoms with Crippen molar-refractivity contribution in [1.82, 2.24) is 16.0 Å². The van der Waals surface area contributed by atoms with E-state index < -0.39 is 60.2 Å². The van der Waals surface area contributed by atoms with Gasteiger partial charge in [-0.1, -0.05) is 26.0 Å². The van der Waals surface area contributed by atoms with Gasteiger partial charge in [0.15, 0.2) is 0 Å². The number of carbonyl (C=O) groups is 5. The maximum Gasteiger partial charge on any atom is 0.326 e. The average Bonchev–Trinajstić information content (AvgIpc) is 2.81. The first-order valence-electron chi connectivity index (χ1n) is 11.8. The fourth-order valence-electron chi connectivity index (χ4n) is 3.38. The number of carbonyl (C=O) groups excluding carboxylic acids is 4. The molecule has 0 spiro atoms. The summed E-state index contributed by atoms with van der Waals surface area (Å²) in [6, 6.07) is 1.11. The number of thioether (sulfide) groups is 1. The van der Waals surface area contributed by atoms with Crippen molar-refractivity contribution in [3.8, 4) is 5.75 Å². The van der Waals surface area contributed by atoms with Crippen LogP contribution in [0.4, 0.5) is 0 Å². The van der Waals surface area contributed by atoms with Crippen molar-refractivity contribution in [2.75, 3.05) is 12.0 Å². The zero-order valence-corrected chi connectivity index (χ0v) is 22.0. The first-order valence-corrected chi connectivity index (χ1v) is 13.2. The summed E-state index contributed by atoms with van der Waals surface area (Å²) in [7, 11) is 0. The first kappa shape index (κ1) is 31.7. The molecule has 37 heavy (non-hydrogen) atoms. The van der Waals surface area contributed by atoms with Crippen molar-refractivity contribution in [1.29, 1.82) is 0 Å². The van der Waals surface area contributed by atoms with E-state index >= 15 is 0 Å². The predicted molar refractivity (Wildman–Crippen MR) is 139 cm³/mol. The molecule has 1 aromatic carbocycles. The molecule has 0 aromatic heterocycles. The van der Waals surface area contributed by atoms with E-state index in [9.17, 15) is 34.2 Å². The molecule has 4 atom stereocenters. The second-order valence-corrected chi connectivity index (χ2v) is 10.1. The second kappa shape index (κ2) is 15.7. The molecule has 1 rings (SSSR count). The third kappa shape index (κ3) is 12.0. The number of nitrogens with one attached hydrogen (secondary N) is 3. The lowest BCUT2D eigenvalue weighted by atomic mass is 10.0. The summed E-state index contributed by atoms with van der Waals surface area (Å²) in [4.78, 5) is 61.9. The summed E-state index contributed by atoms with van der Waals surface area (Å²) in [5.74, 6) is -3.80. The Hall–Kier alpha value is -3.32. The maximum absolute atomic E-state index is 13.1. The summed E-state index contributed by atoms with van der Waals surface area (Å²) in [5.41, 5.74) is 11.7. The summed E-state index contributed by atoms with van der Waals surface area (Å²) in [6.07, 6.45) is 1.76. The highest BCUT2D eigenvalue weighted by atomic mass is 32.2. The number of phenolic OH excluding ortho intramolecular Hbond substituents is 1. The van der Waals surface area contributed by atoms with Crippen molar-refractivity contribution in [2.45, 2.75) is 63.7 Å². The number of amides is 4. The fraction of sp³-hybridized carbons (Fsp3) is 0.542. The highest BCUT2D eigenvalue weighted by Gasteiger charge is 2.31. The van der Waals surface area contributed by atoms with E-state index in [4.69, 9.17) is 11.5 Å². The molecule has 0 fully saturated rings. The smallest absolute Gasteiger partial charge is 0.326 e. The van der Waals surface area contributed by atoms with Crippen LogP contribution in [0, 0.1) is 5.92 Å². The number of nitrogens with two attached hydrogens (primary N) is 2. The Labute approximate surface area is 220 Å². The van der Waals surface area contributed by atoms with Gasteiger partial charge in [-0.25, -0.2) is 4.79 Å². The monoisotopic (exact) mass is 539 g/mol. The van der Waals surface area contributed by atoms with Gasteiger partial charge in [-0.05, 0) is 48.5 Å². The van der Waals surface area contributed by atoms with Crippen molar-refractivity contribution < 1.29 is 34.2 Å². The molecule has 0 radical (unpaired) electrons. The van der Waals surface area contributed by atoms with Crippen LogP contribution in [-0.2, 0) is 30.4 Å². The van der Waals surface area contributed by atoms with Crippen LogP contribution in [0.2, 0.25) is 0 Å². The van der Waals surface area contributed by atoms with Gasteiger partial charge < -0.3 is 37.6 Å². The van der Waals surface area contributed by atoms with Gasteiger partial charge in [0.25, 0.3) is 0 Å². The number of hydrogen-bond acceptors (Lipinski definition) is 8. The lowest BCUT2D eigenvalue weighted by molar-refractivity contribution is -0.143. The quantitative estimate of drug-likeness (QED) is 0.144. The van der Waals surface area contributed by atoms with Crippen LogP contribution in [-0.4, -0.2) is 76.0 Å². The second-order valence-electron chi connectivity index (χ2n) is 9.08. The number of rotatable bonds is 16. The Kier molecular flexibility index (Phi) is 13.5. The number of benzene rings is 1. The fourth-order valence-corrected chi connectivity index (χ4v) is 3.87. The van der Waals surface area contributed by atoms with E-state index in [0.29, 0.717) is 17.7 Å². The first-order chi connectivity index (χ1) is 17.3. The minimum atomic E-state index is -1.40. The van der Waals surface area contributed by atoms with Gasteiger partial charge in [-0.3, -0.25) is 19.2 Å². The molecular weight excluding hydrogens is 502 g/mol. The molecule has 9 N–H and O–H groups in total. The number of carboxylic acids is 1. The van der Waals surface area contributed by atoms with E-state index in [2.05, 4.69) is 16.0 Å². The Bertz CT molecular complexity index is 942. The number of hydrogen-bond donors (Lipinski definition) is 7. The van der Waals surface area contributed by atoms with Crippen LogP contribution >= 0.6 is 11.8 Å².